The number of hydrogen-bond donors (Lipinski definition) is 0. The van der Waals surface area contributed by atoms with E-state index >= 15 is 0 Å². The zero-order chi connectivity index (χ0) is 14.8. The van der Waals surface area contributed by atoms with Gasteiger partial charge in [-0.2, -0.15) is 0 Å². The number of esters is 1. The Balaban J connectivity index is 1.81. The minimum atomic E-state index is -0.393. The van der Waals surface area contributed by atoms with Crippen molar-refractivity contribution >= 4 is 34.6 Å². The van der Waals surface area contributed by atoms with E-state index in [1.165, 1.54) is 23.3 Å². The molecule has 0 N–H and O–H groups in total. The highest BCUT2D eigenvalue weighted by Gasteiger charge is 2.32. The third kappa shape index (κ3) is 2.73. The summed E-state index contributed by atoms with van der Waals surface area (Å²) < 4.78 is 4.68. The van der Waals surface area contributed by atoms with Crippen molar-refractivity contribution in [2.75, 3.05) is 13.7 Å². The fourth-order valence-electron chi connectivity index (χ4n) is 2.59. The van der Waals surface area contributed by atoms with E-state index in [2.05, 4.69) is 10.8 Å². The molecule has 0 aliphatic carbocycles. The summed E-state index contributed by atoms with van der Waals surface area (Å²) in [4.78, 5) is 28.4. The normalized spacial score (nSPS) is 18.0. The van der Waals surface area contributed by atoms with Crippen molar-refractivity contribution in [1.29, 1.82) is 0 Å². The molecule has 0 radical (unpaired) electrons. The number of hydrogen-bond acceptors (Lipinski definition) is 5. The monoisotopic (exact) mass is 321 g/mol. The van der Waals surface area contributed by atoms with Crippen LogP contribution in [0.25, 0.3) is 0 Å². The second-order valence-corrected chi connectivity index (χ2v) is 6.89. The van der Waals surface area contributed by atoms with Crippen LogP contribution in [0.2, 0.25) is 0 Å². The molecule has 21 heavy (non-hydrogen) atoms. The SMILES string of the molecule is COC(=O)c1ccc(C(=O)N2CCCC2c2cccs2)s1. The summed E-state index contributed by atoms with van der Waals surface area (Å²) in [6.07, 6.45) is 2.02. The lowest BCUT2D eigenvalue weighted by atomic mass is 10.2. The van der Waals surface area contributed by atoms with Crippen molar-refractivity contribution in [2.45, 2.75) is 18.9 Å². The number of ether oxygens (including phenoxy) is 1. The zero-order valence-corrected chi connectivity index (χ0v) is 13.2. The van der Waals surface area contributed by atoms with E-state index in [0.717, 1.165) is 19.4 Å². The second-order valence-electron chi connectivity index (χ2n) is 4.83. The van der Waals surface area contributed by atoms with Gasteiger partial charge in [-0.05, 0) is 36.4 Å². The number of likely N-dealkylation sites (tertiary alicyclic amines) is 1. The van der Waals surface area contributed by atoms with Crippen molar-refractivity contribution < 1.29 is 14.3 Å². The van der Waals surface area contributed by atoms with Crippen molar-refractivity contribution in [3.05, 3.63) is 44.3 Å². The second kappa shape index (κ2) is 5.99. The summed E-state index contributed by atoms with van der Waals surface area (Å²) in [5.41, 5.74) is 0. The summed E-state index contributed by atoms with van der Waals surface area (Å²) in [7, 11) is 1.34. The van der Waals surface area contributed by atoms with E-state index < -0.39 is 5.97 Å². The van der Waals surface area contributed by atoms with E-state index in [1.54, 1.807) is 23.5 Å². The van der Waals surface area contributed by atoms with Gasteiger partial charge in [-0.15, -0.1) is 22.7 Å². The predicted octanol–water partition coefficient (Wildman–Crippen LogP) is 3.57. The van der Waals surface area contributed by atoms with E-state index in [9.17, 15) is 9.59 Å². The summed E-state index contributed by atoms with van der Waals surface area (Å²) in [6, 6.07) is 7.63. The van der Waals surface area contributed by atoms with Gasteiger partial charge in [0, 0.05) is 11.4 Å². The van der Waals surface area contributed by atoms with Crippen molar-refractivity contribution in [1.82, 2.24) is 4.90 Å². The largest absolute Gasteiger partial charge is 0.465 e. The first-order valence-electron chi connectivity index (χ1n) is 6.73. The number of rotatable bonds is 3. The van der Waals surface area contributed by atoms with Gasteiger partial charge in [-0.1, -0.05) is 6.07 Å². The van der Waals surface area contributed by atoms with Crippen LogP contribution < -0.4 is 0 Å². The molecule has 1 saturated heterocycles. The Labute approximate surface area is 131 Å². The molecule has 1 aliphatic heterocycles. The first-order valence-corrected chi connectivity index (χ1v) is 8.43. The highest BCUT2D eigenvalue weighted by atomic mass is 32.1. The maximum Gasteiger partial charge on any atom is 0.348 e. The lowest BCUT2D eigenvalue weighted by Crippen LogP contribution is -2.29. The standard InChI is InChI=1S/C15H15NO3S2/c1-19-15(18)13-7-6-12(21-13)14(17)16-8-2-4-10(16)11-5-3-9-20-11/h3,5-7,9-10H,2,4,8H2,1H3. The molecule has 4 nitrogen and oxygen atoms in total. The molecule has 6 heteroatoms. The Morgan fingerprint density at radius 2 is 2.10 bits per heavy atom. The molecule has 110 valence electrons. The summed E-state index contributed by atoms with van der Waals surface area (Å²) >= 11 is 2.88. The van der Waals surface area contributed by atoms with Gasteiger partial charge >= 0.3 is 5.97 Å². The molecule has 0 bridgehead atoms. The smallest absolute Gasteiger partial charge is 0.348 e. The van der Waals surface area contributed by atoms with Gasteiger partial charge in [-0.3, -0.25) is 4.79 Å². The Morgan fingerprint density at radius 1 is 1.29 bits per heavy atom. The Morgan fingerprint density at radius 3 is 2.81 bits per heavy atom. The van der Waals surface area contributed by atoms with Crippen LogP contribution in [0.4, 0.5) is 0 Å². The van der Waals surface area contributed by atoms with Crippen LogP contribution in [-0.4, -0.2) is 30.4 Å². The molecule has 2 aromatic rings. The molecule has 0 saturated carbocycles. The van der Waals surface area contributed by atoms with E-state index in [4.69, 9.17) is 0 Å². The highest BCUT2D eigenvalue weighted by Crippen LogP contribution is 2.36. The number of thiophene rings is 2. The van der Waals surface area contributed by atoms with Gasteiger partial charge in [0.1, 0.15) is 4.88 Å². The number of methoxy groups -OCH3 is 1. The molecule has 0 spiro atoms. The number of carbonyl (C=O) groups excluding carboxylic acids is 2. The molecule has 2 aromatic heterocycles. The molecule has 0 aromatic carbocycles. The molecular formula is C15H15NO3S2. The highest BCUT2D eigenvalue weighted by molar-refractivity contribution is 7.15. The molecule has 3 rings (SSSR count). The van der Waals surface area contributed by atoms with Crippen LogP contribution in [0.1, 0.15) is 43.1 Å². The molecule has 1 amide bonds. The number of amides is 1. The topological polar surface area (TPSA) is 46.6 Å². The fraction of sp³-hybridized carbons (Fsp3) is 0.333. The summed E-state index contributed by atoms with van der Waals surface area (Å²) in [5.74, 6) is -0.388. The van der Waals surface area contributed by atoms with Gasteiger partial charge in [0.2, 0.25) is 0 Å². The van der Waals surface area contributed by atoms with E-state index in [-0.39, 0.29) is 11.9 Å². The summed E-state index contributed by atoms with van der Waals surface area (Å²) in [5, 5.41) is 2.04. The van der Waals surface area contributed by atoms with Crippen molar-refractivity contribution in [3.8, 4) is 0 Å². The average Bonchev–Trinajstić information content (AvgIpc) is 3.25. The minimum Gasteiger partial charge on any atom is -0.465 e. The van der Waals surface area contributed by atoms with Crippen LogP contribution in [-0.2, 0) is 4.74 Å². The van der Waals surface area contributed by atoms with Gasteiger partial charge in [0.05, 0.1) is 18.0 Å². The Bertz CT molecular complexity index is 648. The Kier molecular flexibility index (Phi) is 4.07. The molecule has 1 atom stereocenters. The molecule has 1 aliphatic rings. The lowest BCUT2D eigenvalue weighted by molar-refractivity contribution is 0.0606. The fourth-order valence-corrected chi connectivity index (χ4v) is 4.35. The number of nitrogens with zero attached hydrogens (tertiary/aromatic N) is 1. The first-order chi connectivity index (χ1) is 10.2. The molecular weight excluding hydrogens is 306 g/mol. The van der Waals surface area contributed by atoms with Crippen molar-refractivity contribution in [3.63, 3.8) is 0 Å². The van der Waals surface area contributed by atoms with Crippen molar-refractivity contribution in [2.24, 2.45) is 0 Å². The van der Waals surface area contributed by atoms with Crippen LogP contribution in [0.15, 0.2) is 29.6 Å². The lowest BCUT2D eigenvalue weighted by Gasteiger charge is -2.23. The van der Waals surface area contributed by atoms with Crippen LogP contribution in [0.3, 0.4) is 0 Å². The third-order valence-corrected chi connectivity index (χ3v) is 5.62. The molecule has 1 unspecified atom stereocenters. The molecule has 1 fully saturated rings. The summed E-state index contributed by atoms with van der Waals surface area (Å²) in [6.45, 7) is 0.771. The average molecular weight is 321 g/mol. The van der Waals surface area contributed by atoms with Gasteiger partial charge in [-0.25, -0.2) is 4.79 Å². The van der Waals surface area contributed by atoms with Gasteiger partial charge in [0.15, 0.2) is 0 Å². The van der Waals surface area contributed by atoms with Crippen LogP contribution in [0, 0.1) is 0 Å². The molecule has 3 heterocycles. The number of carbonyl (C=O) groups is 2. The zero-order valence-electron chi connectivity index (χ0n) is 11.6. The van der Waals surface area contributed by atoms with E-state index in [0.29, 0.717) is 9.75 Å². The maximum atomic E-state index is 12.7. The third-order valence-electron chi connectivity index (χ3n) is 3.59. The quantitative estimate of drug-likeness (QED) is 0.812. The van der Waals surface area contributed by atoms with Gasteiger partial charge in [0.25, 0.3) is 5.91 Å². The minimum absolute atomic E-state index is 0.00560. The first kappa shape index (κ1) is 14.3. The van der Waals surface area contributed by atoms with Crippen LogP contribution in [0.5, 0.6) is 0 Å². The van der Waals surface area contributed by atoms with Gasteiger partial charge < -0.3 is 9.64 Å². The Hall–Kier alpha value is -1.66. The van der Waals surface area contributed by atoms with Crippen LogP contribution >= 0.6 is 22.7 Å². The maximum absolute atomic E-state index is 12.7. The predicted molar refractivity (Wildman–Crippen MR) is 83.0 cm³/mol. The van der Waals surface area contributed by atoms with E-state index in [1.807, 2.05) is 16.3 Å².